The molecule has 0 spiro atoms. The maximum Gasteiger partial charge on any atom is 0.325 e. The summed E-state index contributed by atoms with van der Waals surface area (Å²) in [6, 6.07) is 6.06. The van der Waals surface area contributed by atoms with Gasteiger partial charge in [0, 0.05) is 17.8 Å². The number of rotatable bonds is 9. The molecule has 2 heterocycles. The highest BCUT2D eigenvalue weighted by atomic mass is 16.6. The minimum Gasteiger partial charge on any atom is -0.490 e. The van der Waals surface area contributed by atoms with Crippen LogP contribution in [0.2, 0.25) is 0 Å². The number of imidazole rings is 1. The molecule has 1 aromatic carbocycles. The molecule has 34 heavy (non-hydrogen) atoms. The molecule has 0 radical (unpaired) electrons. The van der Waals surface area contributed by atoms with E-state index in [4.69, 9.17) is 9.84 Å². The Kier molecular flexibility index (Phi) is 6.95. The molecule has 0 fully saturated rings. The Balaban J connectivity index is 2.19. The fourth-order valence-electron chi connectivity index (χ4n) is 3.16. The van der Waals surface area contributed by atoms with Gasteiger partial charge in [-0.15, -0.1) is 0 Å². The zero-order valence-electron chi connectivity index (χ0n) is 18.4. The zero-order valence-corrected chi connectivity index (χ0v) is 18.4. The van der Waals surface area contributed by atoms with Crippen LogP contribution in [0.3, 0.4) is 0 Å². The number of carboxylic acid groups (broad SMARTS) is 1. The topological polar surface area (TPSA) is 174 Å². The molecular weight excluding hydrogens is 450 g/mol. The first-order valence-electron chi connectivity index (χ1n) is 9.86. The molecule has 3 N–H and O–H groups in total. The highest BCUT2D eigenvalue weighted by Gasteiger charge is 2.24. The predicted octanol–water partition coefficient (Wildman–Crippen LogP) is 1.71. The average molecular weight is 471 g/mol. The van der Waals surface area contributed by atoms with E-state index in [1.54, 1.807) is 18.3 Å². The second-order valence-corrected chi connectivity index (χ2v) is 7.03. The molecule has 1 unspecified atom stereocenters. The van der Waals surface area contributed by atoms with Crippen LogP contribution in [0, 0.1) is 10.1 Å². The number of nitrogens with one attached hydrogen (secondary N) is 2. The van der Waals surface area contributed by atoms with Gasteiger partial charge in [-0.25, -0.2) is 4.98 Å². The van der Waals surface area contributed by atoms with Crippen molar-refractivity contribution < 1.29 is 33.9 Å². The van der Waals surface area contributed by atoms with Crippen molar-refractivity contribution >= 4 is 35.0 Å². The van der Waals surface area contributed by atoms with Crippen LogP contribution in [-0.4, -0.2) is 64.1 Å². The van der Waals surface area contributed by atoms with Crippen molar-refractivity contribution in [2.24, 2.45) is 0 Å². The maximum atomic E-state index is 12.7. The monoisotopic (exact) mass is 471 g/mol. The van der Waals surface area contributed by atoms with Gasteiger partial charge in [0.1, 0.15) is 24.1 Å². The van der Waals surface area contributed by atoms with Crippen molar-refractivity contribution in [1.82, 2.24) is 14.7 Å². The number of nitro benzene ring substituents is 1. The highest BCUT2D eigenvalue weighted by molar-refractivity contribution is 6.02. The fourth-order valence-corrected chi connectivity index (χ4v) is 3.16. The summed E-state index contributed by atoms with van der Waals surface area (Å²) in [5.74, 6) is -2.16. The lowest BCUT2D eigenvalue weighted by molar-refractivity contribution is -0.385. The van der Waals surface area contributed by atoms with E-state index in [-0.39, 0.29) is 40.7 Å². The summed E-state index contributed by atoms with van der Waals surface area (Å²) >= 11 is 0. The number of amides is 1. The van der Waals surface area contributed by atoms with Crippen LogP contribution < -0.4 is 15.4 Å². The number of anilines is 1. The van der Waals surface area contributed by atoms with E-state index in [0.29, 0.717) is 5.56 Å². The van der Waals surface area contributed by atoms with E-state index >= 15 is 0 Å². The number of carboxylic acids is 1. The molecule has 0 aliphatic rings. The lowest BCUT2D eigenvalue weighted by Gasteiger charge is -2.11. The Hall–Kier alpha value is -4.68. The van der Waals surface area contributed by atoms with Crippen molar-refractivity contribution in [3.8, 4) is 17.0 Å². The van der Waals surface area contributed by atoms with Crippen LogP contribution in [0.15, 0.2) is 36.5 Å². The normalized spacial score (nSPS) is 11.5. The number of hydrogen-bond donors (Lipinski definition) is 3. The molecule has 13 heteroatoms. The second-order valence-electron chi connectivity index (χ2n) is 7.03. The van der Waals surface area contributed by atoms with Crippen LogP contribution in [0.1, 0.15) is 17.3 Å². The third-order valence-electron chi connectivity index (χ3n) is 4.89. The van der Waals surface area contributed by atoms with E-state index in [9.17, 15) is 24.5 Å². The summed E-state index contributed by atoms with van der Waals surface area (Å²) < 4.78 is 11.2. The van der Waals surface area contributed by atoms with Crippen LogP contribution in [0.5, 0.6) is 5.75 Å². The Morgan fingerprint density at radius 2 is 2.00 bits per heavy atom. The molecule has 2 aromatic heterocycles. The van der Waals surface area contributed by atoms with Gasteiger partial charge in [0.25, 0.3) is 5.91 Å². The zero-order chi connectivity index (χ0) is 25.0. The highest BCUT2D eigenvalue weighted by Crippen LogP contribution is 2.36. The van der Waals surface area contributed by atoms with Gasteiger partial charge in [0.2, 0.25) is 0 Å². The number of pyridine rings is 1. The molecule has 13 nitrogen and oxygen atoms in total. The molecule has 0 aliphatic carbocycles. The average Bonchev–Trinajstić information content (AvgIpc) is 3.20. The Bertz CT molecular complexity index is 1290. The molecule has 0 bridgehead atoms. The second kappa shape index (κ2) is 9.85. The lowest BCUT2D eigenvalue weighted by Crippen LogP contribution is -2.38. The largest absolute Gasteiger partial charge is 0.490 e. The first-order valence-corrected chi connectivity index (χ1v) is 9.86. The predicted molar refractivity (Wildman–Crippen MR) is 119 cm³/mol. The van der Waals surface area contributed by atoms with Gasteiger partial charge < -0.3 is 25.2 Å². The van der Waals surface area contributed by atoms with Gasteiger partial charge in [-0.3, -0.25) is 28.9 Å². The summed E-state index contributed by atoms with van der Waals surface area (Å²) in [4.78, 5) is 51.0. The third kappa shape index (κ3) is 4.72. The van der Waals surface area contributed by atoms with Gasteiger partial charge in [-0.2, -0.15) is 0 Å². The van der Waals surface area contributed by atoms with Gasteiger partial charge >= 0.3 is 17.6 Å². The summed E-state index contributed by atoms with van der Waals surface area (Å²) in [5.41, 5.74) is 0.420. The molecule has 0 aliphatic heterocycles. The Morgan fingerprint density at radius 3 is 2.62 bits per heavy atom. The molecule has 178 valence electrons. The number of esters is 1. The van der Waals surface area contributed by atoms with Crippen LogP contribution in [0.4, 0.5) is 11.5 Å². The summed E-state index contributed by atoms with van der Waals surface area (Å²) in [6.07, 6.45) is 1.57. The number of carbonyl (C=O) groups is 3. The number of carbonyl (C=O) groups excluding carboxylic acids is 2. The Labute approximate surface area is 192 Å². The van der Waals surface area contributed by atoms with Crippen LogP contribution in [0.25, 0.3) is 16.9 Å². The Morgan fingerprint density at radius 1 is 1.26 bits per heavy atom. The molecule has 1 atom stereocenters. The number of nitro groups is 1. The minimum atomic E-state index is -1.21. The number of benzene rings is 1. The van der Waals surface area contributed by atoms with Crippen molar-refractivity contribution in [2.75, 3.05) is 26.1 Å². The third-order valence-corrected chi connectivity index (χ3v) is 4.89. The molecular formula is C21H21N5O8. The fraction of sp³-hybridized carbons (Fsp3) is 0.238. The van der Waals surface area contributed by atoms with E-state index in [0.717, 1.165) is 0 Å². The molecule has 0 saturated heterocycles. The first-order chi connectivity index (χ1) is 16.2. The van der Waals surface area contributed by atoms with E-state index in [2.05, 4.69) is 20.4 Å². The van der Waals surface area contributed by atoms with E-state index < -0.39 is 28.8 Å². The number of aliphatic carboxylic acids is 1. The quantitative estimate of drug-likeness (QED) is 0.237. The summed E-state index contributed by atoms with van der Waals surface area (Å²) in [5, 5.41) is 25.8. The van der Waals surface area contributed by atoms with Crippen LogP contribution in [-0.2, 0) is 14.3 Å². The molecule has 3 aromatic rings. The molecule has 1 amide bonds. The molecule has 0 saturated carbocycles. The number of nitrogens with zero attached hydrogens (tertiary/aromatic N) is 3. The number of hydrogen-bond acceptors (Lipinski definition) is 9. The van der Waals surface area contributed by atoms with Crippen LogP contribution >= 0.6 is 0 Å². The standard InChI is InChI=1S/C21H21N5O8/c1-11(21(29)30)23-20(28)13-5-4-8-25-18(13)24-17(19(25)22-10-16(27)34-3)12-6-7-15(33-2)14(9-12)26(31)32/h4-9,11,22H,10H2,1-3H3,(H,23,28)(H,29,30). The first kappa shape index (κ1) is 24.0. The number of methoxy groups -OCH3 is 2. The van der Waals surface area contributed by atoms with Gasteiger partial charge in [0.15, 0.2) is 11.4 Å². The van der Waals surface area contributed by atoms with Crippen molar-refractivity contribution in [3.63, 3.8) is 0 Å². The van der Waals surface area contributed by atoms with Crippen molar-refractivity contribution in [3.05, 3.63) is 52.2 Å². The SMILES string of the molecule is COC(=O)CNc1c(-c2ccc(OC)c([N+](=O)[O-])c2)nc2c(C(=O)NC(C)C(=O)O)cccn12. The summed E-state index contributed by atoms with van der Waals surface area (Å²) in [6.45, 7) is 1.07. The minimum absolute atomic E-state index is 0.0457. The van der Waals surface area contributed by atoms with E-state index in [1.165, 1.54) is 43.7 Å². The number of ether oxygens (including phenoxy) is 2. The molecule has 3 rings (SSSR count). The van der Waals surface area contributed by atoms with Gasteiger partial charge in [-0.05, 0) is 31.2 Å². The van der Waals surface area contributed by atoms with Gasteiger partial charge in [0.05, 0.1) is 24.7 Å². The smallest absolute Gasteiger partial charge is 0.325 e. The maximum absolute atomic E-state index is 12.7. The lowest BCUT2D eigenvalue weighted by atomic mass is 10.1. The summed E-state index contributed by atoms with van der Waals surface area (Å²) in [7, 11) is 2.53. The van der Waals surface area contributed by atoms with Crippen molar-refractivity contribution in [2.45, 2.75) is 13.0 Å². The van der Waals surface area contributed by atoms with Crippen molar-refractivity contribution in [1.29, 1.82) is 0 Å². The number of aromatic nitrogens is 2. The van der Waals surface area contributed by atoms with Gasteiger partial charge in [-0.1, -0.05) is 0 Å². The number of fused-ring (bicyclic) bond motifs is 1. The van der Waals surface area contributed by atoms with E-state index in [1.807, 2.05) is 0 Å².